The predicted octanol–water partition coefficient (Wildman–Crippen LogP) is 5.15. The number of rotatable bonds is 8. The maximum Gasteiger partial charge on any atom is 0.338 e. The molecule has 0 unspecified atom stereocenters. The lowest BCUT2D eigenvalue weighted by Crippen LogP contribution is -2.47. The van der Waals surface area contributed by atoms with E-state index in [1.165, 1.54) is 5.56 Å². The van der Waals surface area contributed by atoms with E-state index >= 15 is 0 Å². The van der Waals surface area contributed by atoms with Gasteiger partial charge in [-0.2, -0.15) is 0 Å². The molecule has 0 saturated heterocycles. The third kappa shape index (κ3) is 5.56. The lowest BCUT2D eigenvalue weighted by molar-refractivity contribution is -0.140. The summed E-state index contributed by atoms with van der Waals surface area (Å²) in [5.41, 5.74) is 4.18. The summed E-state index contributed by atoms with van der Waals surface area (Å²) in [6, 6.07) is 17.3. The summed E-state index contributed by atoms with van der Waals surface area (Å²) in [6.45, 7) is 8.93. The van der Waals surface area contributed by atoms with Crippen molar-refractivity contribution in [3.05, 3.63) is 77.0 Å². The number of thiocarbonyl (C=S) groups is 1. The summed E-state index contributed by atoms with van der Waals surface area (Å²) < 4.78 is 5.59. The molecule has 35 heavy (non-hydrogen) atoms. The number of nitrogens with one attached hydrogen (secondary N) is 2. The van der Waals surface area contributed by atoms with Crippen molar-refractivity contribution >= 4 is 34.9 Å². The Kier molecular flexibility index (Phi) is 7.55. The van der Waals surface area contributed by atoms with E-state index in [0.717, 1.165) is 23.4 Å². The molecule has 6 nitrogen and oxygen atoms in total. The minimum Gasteiger partial charge on any atom is -0.462 e. The minimum absolute atomic E-state index is 0.00222. The highest BCUT2D eigenvalue weighted by Gasteiger charge is 2.43. The Bertz CT molecular complexity index is 1130. The second-order valence-electron chi connectivity index (χ2n) is 9.59. The first-order valence-electron chi connectivity index (χ1n) is 12.2. The van der Waals surface area contributed by atoms with Crippen LogP contribution in [0.25, 0.3) is 0 Å². The van der Waals surface area contributed by atoms with Crippen LogP contribution in [-0.2, 0) is 14.3 Å². The average molecular weight is 492 g/mol. The van der Waals surface area contributed by atoms with E-state index < -0.39 is 6.04 Å². The van der Waals surface area contributed by atoms with Gasteiger partial charge in [0.05, 0.1) is 18.2 Å². The molecule has 4 rings (SSSR count). The summed E-state index contributed by atoms with van der Waals surface area (Å²) in [5.74, 6) is 0.233. The van der Waals surface area contributed by atoms with Crippen LogP contribution >= 0.6 is 12.2 Å². The number of anilines is 1. The molecule has 2 N–H and O–H groups in total. The van der Waals surface area contributed by atoms with Gasteiger partial charge in [-0.25, -0.2) is 4.79 Å². The zero-order chi connectivity index (χ0) is 25.1. The second kappa shape index (κ2) is 10.6. The number of ether oxygens (including phenoxy) is 1. The molecule has 1 aliphatic carbocycles. The zero-order valence-electron chi connectivity index (χ0n) is 20.7. The predicted molar refractivity (Wildman–Crippen MR) is 142 cm³/mol. The zero-order valence-corrected chi connectivity index (χ0v) is 21.5. The molecule has 0 spiro atoms. The Balaban J connectivity index is 1.48. The molecule has 7 heteroatoms. The van der Waals surface area contributed by atoms with E-state index in [2.05, 4.69) is 22.8 Å². The van der Waals surface area contributed by atoms with Gasteiger partial charge < -0.3 is 20.3 Å². The summed E-state index contributed by atoms with van der Waals surface area (Å²) in [6.07, 6.45) is 0.872. The molecular formula is C28H33N3O3S. The molecule has 2 aromatic rings. The largest absolute Gasteiger partial charge is 0.462 e. The molecule has 2 aliphatic rings. The Morgan fingerprint density at radius 1 is 1.11 bits per heavy atom. The number of allylic oxidation sites excluding steroid dienone is 1. The number of esters is 1. The number of benzene rings is 2. The number of amides is 1. The highest BCUT2D eigenvalue weighted by molar-refractivity contribution is 7.80. The van der Waals surface area contributed by atoms with Gasteiger partial charge in [0, 0.05) is 23.8 Å². The fourth-order valence-electron chi connectivity index (χ4n) is 4.54. The van der Waals surface area contributed by atoms with Crippen molar-refractivity contribution in [1.29, 1.82) is 0 Å². The van der Waals surface area contributed by atoms with Gasteiger partial charge in [-0.1, -0.05) is 56.3 Å². The van der Waals surface area contributed by atoms with Crippen LogP contribution in [0.2, 0.25) is 0 Å². The van der Waals surface area contributed by atoms with Crippen LogP contribution in [0.4, 0.5) is 5.69 Å². The Morgan fingerprint density at radius 3 is 2.43 bits per heavy atom. The molecule has 1 fully saturated rings. The fourth-order valence-corrected chi connectivity index (χ4v) is 4.93. The van der Waals surface area contributed by atoms with Crippen LogP contribution in [0.15, 0.2) is 65.9 Å². The van der Waals surface area contributed by atoms with E-state index in [9.17, 15) is 9.59 Å². The quantitative estimate of drug-likeness (QED) is 0.393. The van der Waals surface area contributed by atoms with Gasteiger partial charge in [-0.15, -0.1) is 0 Å². The second-order valence-corrected chi connectivity index (χ2v) is 9.98. The number of hydrogen-bond donors (Lipinski definition) is 2. The maximum atomic E-state index is 13.1. The third-order valence-electron chi connectivity index (χ3n) is 6.55. The van der Waals surface area contributed by atoms with E-state index in [4.69, 9.17) is 17.0 Å². The highest BCUT2D eigenvalue weighted by atomic mass is 32.1. The van der Waals surface area contributed by atoms with Gasteiger partial charge in [0.1, 0.15) is 0 Å². The highest BCUT2D eigenvalue weighted by Crippen LogP contribution is 2.47. The number of carbonyl (C=O) groups excluding carboxylic acids is 2. The summed E-state index contributed by atoms with van der Waals surface area (Å²) in [4.78, 5) is 27.7. The molecule has 184 valence electrons. The Hall–Kier alpha value is -3.19. The lowest BCUT2D eigenvalue weighted by atomic mass is 9.94. The molecule has 0 aromatic heterocycles. The maximum absolute atomic E-state index is 13.1. The smallest absolute Gasteiger partial charge is 0.338 e. The summed E-state index contributed by atoms with van der Waals surface area (Å²) >= 11 is 5.57. The monoisotopic (exact) mass is 491 g/mol. The van der Waals surface area contributed by atoms with Crippen LogP contribution in [0.1, 0.15) is 57.2 Å². The van der Waals surface area contributed by atoms with Crippen LogP contribution in [0, 0.1) is 11.8 Å². The van der Waals surface area contributed by atoms with Gasteiger partial charge in [0.15, 0.2) is 5.11 Å². The van der Waals surface area contributed by atoms with Crippen molar-refractivity contribution in [2.75, 3.05) is 18.5 Å². The van der Waals surface area contributed by atoms with Crippen molar-refractivity contribution in [2.45, 2.75) is 46.1 Å². The molecule has 1 saturated carbocycles. The van der Waals surface area contributed by atoms with Gasteiger partial charge in [-0.3, -0.25) is 4.79 Å². The van der Waals surface area contributed by atoms with E-state index in [-0.39, 0.29) is 29.6 Å². The topological polar surface area (TPSA) is 70.7 Å². The lowest BCUT2D eigenvalue weighted by Gasteiger charge is -2.37. The van der Waals surface area contributed by atoms with E-state index in [0.29, 0.717) is 23.8 Å². The average Bonchev–Trinajstić information content (AvgIpc) is 3.65. The SMILES string of the molecule is CCN1C(=S)N[C@H](c2ccc(NC(=O)[C@H]3C[C@@H]3c3ccccc3)cc2)C(C(=O)OCC(C)C)=C1C. The van der Waals surface area contributed by atoms with Crippen molar-refractivity contribution < 1.29 is 14.3 Å². The van der Waals surface area contributed by atoms with Crippen LogP contribution in [0.5, 0.6) is 0 Å². The normalized spacial score (nSPS) is 21.6. The van der Waals surface area contributed by atoms with Crippen molar-refractivity contribution in [1.82, 2.24) is 10.2 Å². The first-order chi connectivity index (χ1) is 16.8. The number of nitrogens with zero attached hydrogens (tertiary/aromatic N) is 1. The fraction of sp³-hybridized carbons (Fsp3) is 0.393. The van der Waals surface area contributed by atoms with Gasteiger partial charge in [0.25, 0.3) is 0 Å². The van der Waals surface area contributed by atoms with E-state index in [1.54, 1.807) is 0 Å². The molecule has 1 aliphatic heterocycles. The Labute approximate surface area is 212 Å². The minimum atomic E-state index is -0.416. The van der Waals surface area contributed by atoms with Crippen LogP contribution < -0.4 is 10.6 Å². The summed E-state index contributed by atoms with van der Waals surface area (Å²) in [5, 5.41) is 6.92. The summed E-state index contributed by atoms with van der Waals surface area (Å²) in [7, 11) is 0. The van der Waals surface area contributed by atoms with Gasteiger partial charge in [-0.05, 0) is 67.6 Å². The van der Waals surface area contributed by atoms with Crippen LogP contribution in [-0.4, -0.2) is 35.0 Å². The number of carbonyl (C=O) groups is 2. The van der Waals surface area contributed by atoms with Crippen molar-refractivity contribution in [3.63, 3.8) is 0 Å². The van der Waals surface area contributed by atoms with E-state index in [1.807, 2.05) is 75.1 Å². The molecule has 3 atom stereocenters. The first-order valence-corrected chi connectivity index (χ1v) is 12.6. The van der Waals surface area contributed by atoms with Crippen molar-refractivity contribution in [3.8, 4) is 0 Å². The molecule has 2 aromatic carbocycles. The van der Waals surface area contributed by atoms with Crippen molar-refractivity contribution in [2.24, 2.45) is 11.8 Å². The number of hydrogen-bond acceptors (Lipinski definition) is 4. The molecule has 1 amide bonds. The van der Waals surface area contributed by atoms with Crippen LogP contribution in [0.3, 0.4) is 0 Å². The van der Waals surface area contributed by atoms with Gasteiger partial charge in [0.2, 0.25) is 5.91 Å². The third-order valence-corrected chi connectivity index (χ3v) is 6.88. The first kappa shape index (κ1) is 24.9. The molecule has 1 heterocycles. The standard InChI is InChI=1S/C28H33N3O3S/c1-5-31-18(4)24(27(33)34-16-17(2)3)25(30-28(31)35)20-11-13-21(14-12-20)29-26(32)23-15-22(23)19-9-7-6-8-10-19/h6-14,17,22-23,25H,5,15-16H2,1-4H3,(H,29,32)(H,30,35)/t22-,23+,25-/m1/s1. The molecule has 0 bridgehead atoms. The Morgan fingerprint density at radius 2 is 1.80 bits per heavy atom. The molecule has 0 radical (unpaired) electrons. The van der Waals surface area contributed by atoms with Gasteiger partial charge >= 0.3 is 5.97 Å². The molecular weight excluding hydrogens is 458 g/mol.